The normalized spacial score (nSPS) is 24.3. The fraction of sp³-hybridized carbons (Fsp3) is 0.412. The molecule has 0 saturated carbocycles. The lowest BCUT2D eigenvalue weighted by molar-refractivity contribution is -0.938. The number of amides is 2. The van der Waals surface area contributed by atoms with Crippen molar-refractivity contribution in [2.75, 3.05) is 24.7 Å². The summed E-state index contributed by atoms with van der Waals surface area (Å²) in [4.78, 5) is 25.8. The molecule has 3 saturated heterocycles. The number of likely N-dealkylation sites (N-methyl/N-ethyl adjacent to an activating group) is 1. The van der Waals surface area contributed by atoms with Crippen molar-refractivity contribution in [2.45, 2.75) is 76.0 Å². The average molecular weight is 698 g/mol. The average Bonchev–Trinajstić information content (AvgIpc) is 3.73. The van der Waals surface area contributed by atoms with Gasteiger partial charge in [-0.3, -0.25) is 10.1 Å². The van der Waals surface area contributed by atoms with E-state index in [4.69, 9.17) is 9.47 Å². The Morgan fingerprint density at radius 2 is 1.63 bits per heavy atom. The van der Waals surface area contributed by atoms with Crippen LogP contribution in [0.3, 0.4) is 0 Å². The van der Waals surface area contributed by atoms with Crippen LogP contribution >= 0.6 is 0 Å². The lowest BCUT2D eigenvalue weighted by atomic mass is 9.96. The second-order valence-corrected chi connectivity index (χ2v) is 12.4. The number of aryl methyl sites for hydroxylation is 2. The van der Waals surface area contributed by atoms with Crippen LogP contribution in [-0.2, 0) is 27.3 Å². The van der Waals surface area contributed by atoms with Crippen molar-refractivity contribution in [1.82, 2.24) is 0 Å². The summed E-state index contributed by atoms with van der Waals surface area (Å²) in [5, 5.41) is 15.3. The van der Waals surface area contributed by atoms with Gasteiger partial charge in [-0.15, -0.1) is 0 Å². The van der Waals surface area contributed by atoms with Crippen LogP contribution in [0, 0.1) is 6.92 Å². The van der Waals surface area contributed by atoms with Crippen LogP contribution in [0.1, 0.15) is 42.4 Å². The number of carbonyl (C=O) groups excluding carboxylic acids is 2. The SMILES string of the molecule is Cc1cc(CO)ccc1NC(=O)CCCc1ccc(-c2ccccc2)c(NC(=O)OC2C[C@@H]3[C@H]4O[C@H]4[C@H](C2)[N+]3(C)C)c1.[I-]. The van der Waals surface area contributed by atoms with Gasteiger partial charge in [0.1, 0.15) is 30.4 Å². The number of carbonyl (C=O) groups is 2. The molecule has 0 radical (unpaired) electrons. The van der Waals surface area contributed by atoms with Crippen molar-refractivity contribution in [3.63, 3.8) is 0 Å². The van der Waals surface area contributed by atoms with Crippen LogP contribution in [0.4, 0.5) is 16.2 Å². The lowest BCUT2D eigenvalue weighted by Gasteiger charge is -2.45. The van der Waals surface area contributed by atoms with E-state index >= 15 is 0 Å². The van der Waals surface area contributed by atoms with Gasteiger partial charge in [-0.25, -0.2) is 4.79 Å². The largest absolute Gasteiger partial charge is 1.00 e. The number of benzene rings is 3. The van der Waals surface area contributed by atoms with E-state index in [0.29, 0.717) is 49.2 Å². The molecule has 2 bridgehead atoms. The molecule has 3 aliphatic heterocycles. The zero-order valence-corrected chi connectivity index (χ0v) is 27.0. The number of aliphatic hydroxyl groups is 1. The second kappa shape index (κ2) is 12.9. The molecule has 3 aromatic carbocycles. The van der Waals surface area contributed by atoms with E-state index in [1.165, 1.54) is 0 Å². The van der Waals surface area contributed by atoms with Crippen LogP contribution in [0.2, 0.25) is 0 Å². The summed E-state index contributed by atoms with van der Waals surface area (Å²) in [6, 6.07) is 22.3. The highest BCUT2D eigenvalue weighted by Gasteiger charge is 2.70. The number of epoxide rings is 1. The van der Waals surface area contributed by atoms with E-state index in [9.17, 15) is 14.7 Å². The van der Waals surface area contributed by atoms with Crippen LogP contribution in [0.5, 0.6) is 0 Å². The van der Waals surface area contributed by atoms with Gasteiger partial charge in [-0.1, -0.05) is 54.6 Å². The molecule has 3 aromatic rings. The predicted octanol–water partition coefficient (Wildman–Crippen LogP) is 2.43. The first-order valence-corrected chi connectivity index (χ1v) is 14.9. The molecule has 3 heterocycles. The first-order chi connectivity index (χ1) is 20.2. The van der Waals surface area contributed by atoms with E-state index in [0.717, 1.165) is 50.8 Å². The van der Waals surface area contributed by atoms with Gasteiger partial charge in [0.2, 0.25) is 5.91 Å². The van der Waals surface area contributed by atoms with E-state index in [2.05, 4.69) is 30.8 Å². The number of ether oxygens (including phenoxy) is 2. The van der Waals surface area contributed by atoms with Crippen molar-refractivity contribution in [3.8, 4) is 11.1 Å². The van der Waals surface area contributed by atoms with E-state index in [1.54, 1.807) is 0 Å². The zero-order valence-electron chi connectivity index (χ0n) is 24.9. The fourth-order valence-corrected chi connectivity index (χ4v) is 6.94. The van der Waals surface area contributed by atoms with Gasteiger partial charge in [0.05, 0.1) is 26.4 Å². The number of hydrogen-bond donors (Lipinski definition) is 3. The maximum atomic E-state index is 13.2. The molecule has 6 rings (SSSR count). The lowest BCUT2D eigenvalue weighted by Crippen LogP contribution is -3.00. The van der Waals surface area contributed by atoms with Gasteiger partial charge >= 0.3 is 6.09 Å². The molecule has 0 spiro atoms. The number of fused-ring (bicyclic) bond motifs is 5. The molecule has 0 aromatic heterocycles. The number of piperidine rings is 1. The van der Waals surface area contributed by atoms with Crippen LogP contribution in [-0.4, -0.2) is 66.1 Å². The van der Waals surface area contributed by atoms with Crippen molar-refractivity contribution in [3.05, 3.63) is 83.4 Å². The molecule has 8 nitrogen and oxygen atoms in total. The maximum absolute atomic E-state index is 13.2. The first kappa shape index (κ1) is 31.4. The molecule has 3 N–H and O–H groups in total. The Balaban J connectivity index is 0.00000368. The number of anilines is 2. The zero-order chi connectivity index (χ0) is 29.4. The summed E-state index contributed by atoms with van der Waals surface area (Å²) in [5.74, 6) is -0.0519. The molecular weight excluding hydrogens is 657 g/mol. The summed E-state index contributed by atoms with van der Waals surface area (Å²) in [5.41, 5.74) is 6.16. The number of aliphatic hydroxyl groups excluding tert-OH is 1. The highest BCUT2D eigenvalue weighted by molar-refractivity contribution is 5.92. The summed E-state index contributed by atoms with van der Waals surface area (Å²) >= 11 is 0. The number of hydrogen-bond acceptors (Lipinski definition) is 5. The topological polar surface area (TPSA) is 100 Å². The quantitative estimate of drug-likeness (QED) is 0.181. The third-order valence-electron chi connectivity index (χ3n) is 9.33. The predicted molar refractivity (Wildman–Crippen MR) is 162 cm³/mol. The van der Waals surface area contributed by atoms with Gasteiger partial charge in [-0.2, -0.15) is 0 Å². The monoisotopic (exact) mass is 697 g/mol. The Labute approximate surface area is 270 Å². The molecule has 2 amide bonds. The minimum Gasteiger partial charge on any atom is -1.00 e. The Kier molecular flexibility index (Phi) is 9.46. The smallest absolute Gasteiger partial charge is 0.411 e. The summed E-state index contributed by atoms with van der Waals surface area (Å²) < 4.78 is 12.8. The van der Waals surface area contributed by atoms with Crippen LogP contribution < -0.4 is 34.6 Å². The number of nitrogens with zero attached hydrogens (tertiary/aromatic N) is 1. The van der Waals surface area contributed by atoms with Crippen molar-refractivity contribution < 1.29 is 52.6 Å². The molecule has 1 unspecified atom stereocenters. The maximum Gasteiger partial charge on any atom is 0.411 e. The van der Waals surface area contributed by atoms with Crippen LogP contribution in [0.15, 0.2) is 66.7 Å². The minimum absolute atomic E-state index is 0. The van der Waals surface area contributed by atoms with E-state index in [1.807, 2.05) is 67.6 Å². The molecule has 3 aliphatic rings. The molecule has 228 valence electrons. The summed E-state index contributed by atoms with van der Waals surface area (Å²) in [7, 11) is 4.53. The molecule has 43 heavy (non-hydrogen) atoms. The number of halogens is 1. The van der Waals surface area contributed by atoms with Gasteiger partial charge in [-0.05, 0) is 54.2 Å². The van der Waals surface area contributed by atoms with Crippen molar-refractivity contribution in [2.24, 2.45) is 0 Å². The number of nitrogens with one attached hydrogen (secondary N) is 2. The second-order valence-electron chi connectivity index (χ2n) is 12.4. The fourth-order valence-electron chi connectivity index (χ4n) is 6.94. The van der Waals surface area contributed by atoms with Crippen LogP contribution in [0.25, 0.3) is 11.1 Å². The Bertz CT molecular complexity index is 1460. The molecular formula is C34H40IN3O5. The Morgan fingerprint density at radius 3 is 2.30 bits per heavy atom. The summed E-state index contributed by atoms with van der Waals surface area (Å²) in [6.45, 7) is 1.89. The molecule has 9 heteroatoms. The molecule has 5 atom stereocenters. The van der Waals surface area contributed by atoms with Crippen molar-refractivity contribution >= 4 is 23.4 Å². The van der Waals surface area contributed by atoms with Gasteiger partial charge in [0.15, 0.2) is 0 Å². The van der Waals surface area contributed by atoms with Crippen molar-refractivity contribution in [1.29, 1.82) is 0 Å². The molecule has 0 aliphatic carbocycles. The number of rotatable bonds is 9. The Hall–Kier alpha value is -2.99. The third-order valence-corrected chi connectivity index (χ3v) is 9.33. The van der Waals surface area contributed by atoms with Gasteiger partial charge in [0.25, 0.3) is 0 Å². The Morgan fingerprint density at radius 1 is 0.930 bits per heavy atom. The highest BCUT2D eigenvalue weighted by atomic mass is 127. The number of quaternary nitrogens is 1. The minimum atomic E-state index is -0.433. The number of morpholine rings is 1. The van der Waals surface area contributed by atoms with E-state index in [-0.39, 0.29) is 42.6 Å². The van der Waals surface area contributed by atoms with Gasteiger partial charge in [0, 0.05) is 30.5 Å². The summed E-state index contributed by atoms with van der Waals surface area (Å²) in [6.07, 6.45) is 3.42. The highest BCUT2D eigenvalue weighted by Crippen LogP contribution is 2.51. The first-order valence-electron chi connectivity index (χ1n) is 14.9. The molecule has 3 fully saturated rings. The third kappa shape index (κ3) is 6.74. The standard InChI is InChI=1S/C34H39N3O5.HI/c1-21-16-23(20-38)13-15-27(21)35-31(39)11-7-8-22-12-14-26(24-9-5-4-6-10-24)28(17-22)36-34(40)41-25-18-29-32-33(42-32)30(19-25)37(29,2)3;/h4-6,9-10,12-17,25,29-30,32-33,38H,7-8,11,18-20H2,1-3H3,(H-,35,36,39,40);1H/t25?,29-,30+,32-,33+;. The van der Waals surface area contributed by atoms with Gasteiger partial charge < -0.3 is 48.4 Å². The van der Waals surface area contributed by atoms with E-state index < -0.39 is 6.09 Å².